The van der Waals surface area contributed by atoms with Gasteiger partial charge in [-0.2, -0.15) is 0 Å². The first-order valence-electron chi connectivity index (χ1n) is 7.99. The Morgan fingerprint density at radius 3 is 1.43 bits per heavy atom. The minimum Gasteiger partial charge on any atom is -0.496 e. The summed E-state index contributed by atoms with van der Waals surface area (Å²) in [5, 5.41) is 13.0. The molecule has 2 rings (SSSR count). The summed E-state index contributed by atoms with van der Waals surface area (Å²) in [6.45, 7) is 0. The van der Waals surface area contributed by atoms with Crippen LogP contribution < -0.4 is 23.7 Å². The van der Waals surface area contributed by atoms with Crippen molar-refractivity contribution in [1.82, 2.24) is 0 Å². The second-order valence-electron chi connectivity index (χ2n) is 5.66. The smallest absolute Gasteiger partial charge is 0.496 e. The lowest BCUT2D eigenvalue weighted by Gasteiger charge is -2.20. The van der Waals surface area contributed by atoms with Crippen molar-refractivity contribution in [3.8, 4) is 28.7 Å². The van der Waals surface area contributed by atoms with E-state index in [0.717, 1.165) is 0 Å². The van der Waals surface area contributed by atoms with Crippen LogP contribution in [0, 0.1) is 0 Å². The van der Waals surface area contributed by atoms with Crippen molar-refractivity contribution in [2.75, 3.05) is 21.3 Å². The maximum atomic E-state index is 13.0. The molecule has 0 aliphatic carbocycles. The Hall–Kier alpha value is -3.02. The summed E-state index contributed by atoms with van der Waals surface area (Å²) in [5.74, 6) is -1.98. The monoisotopic (exact) mass is 441 g/mol. The van der Waals surface area contributed by atoms with Crippen molar-refractivity contribution in [3.05, 3.63) is 41.5 Å². The molecule has 0 spiro atoms. The van der Waals surface area contributed by atoms with Crippen LogP contribution in [0.15, 0.2) is 30.3 Å². The maximum absolute atomic E-state index is 13.0. The summed E-state index contributed by atoms with van der Waals surface area (Å²) < 4.78 is 98.0. The number of ether oxygens (including phenoxy) is 5. The van der Waals surface area contributed by atoms with Crippen molar-refractivity contribution in [2.45, 2.75) is 18.8 Å². The maximum Gasteiger partial charge on any atom is 0.573 e. The highest BCUT2D eigenvalue weighted by Crippen LogP contribution is 2.43. The molecule has 6 nitrogen and oxygen atoms in total. The Kier molecular flexibility index (Phi) is 6.80. The van der Waals surface area contributed by atoms with E-state index in [4.69, 9.17) is 14.2 Å². The molecule has 1 radical (unpaired) electrons. The van der Waals surface area contributed by atoms with Crippen LogP contribution in [-0.2, 0) is 5.11 Å². The molecule has 1 atom stereocenters. The fourth-order valence-corrected chi connectivity index (χ4v) is 2.59. The quantitative estimate of drug-likeness (QED) is 0.564. The standard InChI is InChI=1S/C18H15F6O6/c1-26-10-7-13(27-2)15(14(8-10)28-3)16(25)9-4-11(29-17(19,20)21)6-12(5-9)30-18(22,23)24/h4-8,16H,1-3H3. The lowest BCUT2D eigenvalue weighted by Crippen LogP contribution is -2.19. The lowest BCUT2D eigenvalue weighted by atomic mass is 9.98. The minimum atomic E-state index is -5.21. The van der Waals surface area contributed by atoms with E-state index in [1.54, 1.807) is 0 Å². The summed E-state index contributed by atoms with van der Waals surface area (Å²) in [4.78, 5) is 0. The van der Waals surface area contributed by atoms with Crippen molar-refractivity contribution >= 4 is 0 Å². The van der Waals surface area contributed by atoms with E-state index in [-0.39, 0.29) is 22.8 Å². The first-order chi connectivity index (χ1) is 13.9. The van der Waals surface area contributed by atoms with E-state index < -0.39 is 35.9 Å². The second-order valence-corrected chi connectivity index (χ2v) is 5.66. The highest BCUT2D eigenvalue weighted by Gasteiger charge is 2.35. The van der Waals surface area contributed by atoms with Crippen molar-refractivity contribution in [1.29, 1.82) is 0 Å². The molecule has 0 heterocycles. The molecule has 0 saturated carbocycles. The van der Waals surface area contributed by atoms with Crippen LogP contribution in [0.3, 0.4) is 0 Å². The molecule has 0 bridgehead atoms. The number of hydrogen-bond acceptors (Lipinski definition) is 5. The number of hydrogen-bond donors (Lipinski definition) is 0. The molecule has 0 amide bonds. The molecule has 0 aromatic heterocycles. The Morgan fingerprint density at radius 1 is 0.667 bits per heavy atom. The molecule has 0 saturated heterocycles. The van der Waals surface area contributed by atoms with E-state index in [9.17, 15) is 31.4 Å². The molecule has 12 heteroatoms. The van der Waals surface area contributed by atoms with Crippen LogP contribution in [0.25, 0.3) is 0 Å². The molecule has 2 aromatic carbocycles. The van der Waals surface area contributed by atoms with Gasteiger partial charge in [0.25, 0.3) is 0 Å². The molecular formula is C18H15F6O6. The average Bonchev–Trinajstić information content (AvgIpc) is 2.63. The van der Waals surface area contributed by atoms with Crippen LogP contribution in [0.1, 0.15) is 17.2 Å². The highest BCUT2D eigenvalue weighted by atomic mass is 19.4. The number of benzene rings is 2. The third-order valence-corrected chi connectivity index (χ3v) is 3.69. The van der Waals surface area contributed by atoms with E-state index in [0.29, 0.717) is 18.2 Å². The molecule has 0 fully saturated rings. The Labute approximate surface area is 166 Å². The number of alkyl halides is 6. The second kappa shape index (κ2) is 8.78. The third kappa shape index (κ3) is 5.99. The molecule has 0 aliphatic heterocycles. The van der Waals surface area contributed by atoms with Gasteiger partial charge in [-0.15, -0.1) is 26.3 Å². The number of halogens is 6. The van der Waals surface area contributed by atoms with E-state index in [2.05, 4.69) is 9.47 Å². The van der Waals surface area contributed by atoms with E-state index >= 15 is 0 Å². The summed E-state index contributed by atoms with van der Waals surface area (Å²) in [7, 11) is 3.76. The van der Waals surface area contributed by atoms with Crippen LogP contribution in [0.2, 0.25) is 0 Å². The first-order valence-corrected chi connectivity index (χ1v) is 7.99. The van der Waals surface area contributed by atoms with Gasteiger partial charge in [0.1, 0.15) is 28.7 Å². The predicted octanol–water partition coefficient (Wildman–Crippen LogP) is 5.03. The van der Waals surface area contributed by atoms with Gasteiger partial charge in [0.2, 0.25) is 0 Å². The first kappa shape index (κ1) is 23.3. The van der Waals surface area contributed by atoms with Crippen molar-refractivity contribution in [3.63, 3.8) is 0 Å². The van der Waals surface area contributed by atoms with Gasteiger partial charge in [0, 0.05) is 18.2 Å². The van der Waals surface area contributed by atoms with Gasteiger partial charge in [-0.1, -0.05) is 0 Å². The van der Waals surface area contributed by atoms with Gasteiger partial charge < -0.3 is 23.7 Å². The van der Waals surface area contributed by atoms with Crippen LogP contribution in [0.5, 0.6) is 28.7 Å². The topological polar surface area (TPSA) is 66.1 Å². The van der Waals surface area contributed by atoms with Gasteiger partial charge in [0.05, 0.1) is 26.9 Å². The number of methoxy groups -OCH3 is 3. The summed E-state index contributed by atoms with van der Waals surface area (Å²) >= 11 is 0. The molecule has 2 aromatic rings. The lowest BCUT2D eigenvalue weighted by molar-refractivity contribution is -0.276. The zero-order chi connectivity index (χ0) is 22.7. The summed E-state index contributed by atoms with van der Waals surface area (Å²) in [6.07, 6.45) is -12.4. The van der Waals surface area contributed by atoms with Crippen molar-refractivity contribution < 1.29 is 55.1 Å². The van der Waals surface area contributed by atoms with Gasteiger partial charge in [0.15, 0.2) is 6.10 Å². The zero-order valence-electron chi connectivity index (χ0n) is 15.7. The van der Waals surface area contributed by atoms with Gasteiger partial charge in [-0.05, 0) is 17.7 Å². The zero-order valence-corrected chi connectivity index (χ0v) is 15.7. The molecule has 0 aliphatic rings. The normalized spacial score (nSPS) is 12.9. The molecule has 30 heavy (non-hydrogen) atoms. The van der Waals surface area contributed by atoms with Gasteiger partial charge >= 0.3 is 12.7 Å². The van der Waals surface area contributed by atoms with Gasteiger partial charge in [-0.25, -0.2) is 5.11 Å². The molecule has 0 N–H and O–H groups in total. The van der Waals surface area contributed by atoms with Crippen molar-refractivity contribution in [2.24, 2.45) is 0 Å². The molecular weight excluding hydrogens is 426 g/mol. The summed E-state index contributed by atoms with van der Waals surface area (Å²) in [5.41, 5.74) is -0.694. The third-order valence-electron chi connectivity index (χ3n) is 3.69. The van der Waals surface area contributed by atoms with Gasteiger partial charge in [-0.3, -0.25) is 0 Å². The largest absolute Gasteiger partial charge is 0.573 e. The Bertz CT molecular complexity index is 821. The van der Waals surface area contributed by atoms with Crippen LogP contribution in [-0.4, -0.2) is 34.1 Å². The fourth-order valence-electron chi connectivity index (χ4n) is 2.59. The highest BCUT2D eigenvalue weighted by molar-refractivity contribution is 5.55. The minimum absolute atomic E-state index is 0.0494. The van der Waals surface area contributed by atoms with Crippen LogP contribution in [0.4, 0.5) is 26.3 Å². The SMILES string of the molecule is COc1cc(OC)c(C([O])c2cc(OC(F)(F)F)cc(OC(F)(F)F)c2)c(OC)c1. The number of rotatable bonds is 7. The fraction of sp³-hybridized carbons (Fsp3) is 0.333. The van der Waals surface area contributed by atoms with Crippen LogP contribution >= 0.6 is 0 Å². The Morgan fingerprint density at radius 2 is 1.10 bits per heavy atom. The Balaban J connectivity index is 2.61. The van der Waals surface area contributed by atoms with E-state index in [1.165, 1.54) is 33.5 Å². The predicted molar refractivity (Wildman–Crippen MR) is 88.4 cm³/mol. The van der Waals surface area contributed by atoms with E-state index in [1.807, 2.05) is 0 Å². The molecule has 165 valence electrons. The summed E-state index contributed by atoms with van der Waals surface area (Å²) in [6, 6.07) is 4.28. The average molecular weight is 441 g/mol. The molecule has 1 unspecified atom stereocenters.